The number of aryl methyl sites for hydroxylation is 1. The minimum atomic E-state index is -3.57. The maximum atomic E-state index is 12.4. The van der Waals surface area contributed by atoms with Gasteiger partial charge in [0.2, 0.25) is 10.0 Å². The van der Waals surface area contributed by atoms with Crippen LogP contribution in [0.15, 0.2) is 47.4 Å². The van der Waals surface area contributed by atoms with Crippen molar-refractivity contribution in [3.8, 4) is 5.75 Å². The van der Waals surface area contributed by atoms with Crippen molar-refractivity contribution in [2.45, 2.75) is 24.8 Å². The summed E-state index contributed by atoms with van der Waals surface area (Å²) in [5.74, 6) is 0.997. The molecule has 1 saturated heterocycles. The molecule has 8 nitrogen and oxygen atoms in total. The molecule has 9 heteroatoms. The van der Waals surface area contributed by atoms with Crippen LogP contribution in [0, 0.1) is 6.92 Å². The predicted octanol–water partition coefficient (Wildman–Crippen LogP) is 1.74. The van der Waals surface area contributed by atoms with Gasteiger partial charge in [-0.05, 0) is 36.2 Å². The number of piperazine rings is 1. The number of hydrogen-bond donors (Lipinski definition) is 2. The number of fused-ring (bicyclic) bond motifs is 1. The average molecular weight is 459 g/mol. The lowest BCUT2D eigenvalue weighted by Crippen LogP contribution is -2.52. The SMILES string of the molecule is Cc1ccc(S(=O)(=O)NCCNC(=O)N2CCN(Cc3ccc4c(c3)CCO4)CC2)cc1. The van der Waals surface area contributed by atoms with Crippen LogP contribution in [0.2, 0.25) is 0 Å². The van der Waals surface area contributed by atoms with E-state index in [1.165, 1.54) is 11.1 Å². The van der Waals surface area contributed by atoms with Gasteiger partial charge in [-0.15, -0.1) is 0 Å². The van der Waals surface area contributed by atoms with Gasteiger partial charge in [0, 0.05) is 52.2 Å². The second kappa shape index (κ2) is 9.89. The van der Waals surface area contributed by atoms with Gasteiger partial charge in [-0.25, -0.2) is 17.9 Å². The van der Waals surface area contributed by atoms with Crippen LogP contribution in [0.3, 0.4) is 0 Å². The zero-order chi connectivity index (χ0) is 22.6. The molecule has 0 radical (unpaired) electrons. The highest BCUT2D eigenvalue weighted by Gasteiger charge is 2.22. The smallest absolute Gasteiger partial charge is 0.317 e. The van der Waals surface area contributed by atoms with Gasteiger partial charge in [-0.1, -0.05) is 29.8 Å². The third kappa shape index (κ3) is 5.59. The number of nitrogens with one attached hydrogen (secondary N) is 2. The molecular weight excluding hydrogens is 428 g/mol. The standard InChI is InChI=1S/C23H30N4O4S/c1-18-2-5-21(6-3-18)32(29,30)25-10-9-24-23(28)27-13-11-26(12-14-27)17-19-4-7-22-20(16-19)8-15-31-22/h2-7,16,25H,8-15,17H2,1H3,(H,24,28). The molecular formula is C23H30N4O4S. The molecule has 2 N–H and O–H groups in total. The number of nitrogens with zero attached hydrogens (tertiary/aromatic N) is 2. The maximum Gasteiger partial charge on any atom is 0.317 e. The Kier molecular flexibility index (Phi) is 6.98. The van der Waals surface area contributed by atoms with Gasteiger partial charge in [-0.3, -0.25) is 4.90 Å². The van der Waals surface area contributed by atoms with Crippen LogP contribution in [-0.2, 0) is 23.0 Å². The fourth-order valence-electron chi connectivity index (χ4n) is 3.97. The van der Waals surface area contributed by atoms with Crippen molar-refractivity contribution in [2.75, 3.05) is 45.9 Å². The zero-order valence-electron chi connectivity index (χ0n) is 18.3. The first kappa shape index (κ1) is 22.6. The number of carbonyl (C=O) groups excluding carboxylic acids is 1. The Bertz CT molecular complexity index is 1050. The summed E-state index contributed by atoms with van der Waals surface area (Å²) in [5.41, 5.74) is 3.55. The molecule has 2 heterocycles. The molecule has 0 saturated carbocycles. The third-order valence-corrected chi connectivity index (χ3v) is 7.32. The molecule has 0 aliphatic carbocycles. The molecule has 0 aromatic heterocycles. The number of amides is 2. The molecule has 32 heavy (non-hydrogen) atoms. The molecule has 2 aromatic carbocycles. The van der Waals surface area contributed by atoms with Crippen molar-refractivity contribution in [3.05, 3.63) is 59.2 Å². The van der Waals surface area contributed by atoms with Gasteiger partial charge in [0.05, 0.1) is 11.5 Å². The van der Waals surface area contributed by atoms with Crippen LogP contribution in [0.4, 0.5) is 4.79 Å². The summed E-state index contributed by atoms with van der Waals surface area (Å²) in [6.07, 6.45) is 0.971. The molecule has 0 spiro atoms. The monoisotopic (exact) mass is 458 g/mol. The molecule has 0 bridgehead atoms. The Morgan fingerprint density at radius 1 is 1.03 bits per heavy atom. The lowest BCUT2D eigenvalue weighted by Gasteiger charge is -2.34. The average Bonchev–Trinajstić information content (AvgIpc) is 3.25. The second-order valence-corrected chi connectivity index (χ2v) is 10.0. The van der Waals surface area contributed by atoms with Crippen molar-refractivity contribution < 1.29 is 17.9 Å². The highest BCUT2D eigenvalue weighted by Crippen LogP contribution is 2.26. The number of sulfonamides is 1. The predicted molar refractivity (Wildman–Crippen MR) is 122 cm³/mol. The van der Waals surface area contributed by atoms with Crippen LogP contribution < -0.4 is 14.8 Å². The van der Waals surface area contributed by atoms with Gasteiger partial charge in [0.1, 0.15) is 5.75 Å². The number of carbonyl (C=O) groups is 1. The van der Waals surface area contributed by atoms with E-state index >= 15 is 0 Å². The molecule has 4 rings (SSSR count). The minimum Gasteiger partial charge on any atom is -0.493 e. The van der Waals surface area contributed by atoms with Crippen molar-refractivity contribution in [2.24, 2.45) is 0 Å². The normalized spacial score (nSPS) is 16.5. The molecule has 1 fully saturated rings. The first-order chi connectivity index (χ1) is 15.4. The molecule has 2 aliphatic rings. The summed E-state index contributed by atoms with van der Waals surface area (Å²) in [6, 6.07) is 12.9. The highest BCUT2D eigenvalue weighted by atomic mass is 32.2. The third-order valence-electron chi connectivity index (χ3n) is 5.84. The first-order valence-corrected chi connectivity index (χ1v) is 12.5. The number of ether oxygens (including phenoxy) is 1. The van der Waals surface area contributed by atoms with Crippen LogP contribution in [0.25, 0.3) is 0 Å². The van der Waals surface area contributed by atoms with E-state index in [0.717, 1.165) is 44.0 Å². The van der Waals surface area contributed by atoms with Gasteiger partial charge in [0.15, 0.2) is 0 Å². The van der Waals surface area contributed by atoms with E-state index in [-0.39, 0.29) is 24.0 Å². The molecule has 2 aliphatic heterocycles. The fourth-order valence-corrected chi connectivity index (χ4v) is 5.00. The summed E-state index contributed by atoms with van der Waals surface area (Å²) < 4.78 is 32.7. The van der Waals surface area contributed by atoms with Gasteiger partial charge >= 0.3 is 6.03 Å². The number of rotatable bonds is 7. The summed E-state index contributed by atoms with van der Waals surface area (Å²) in [6.45, 7) is 6.82. The van der Waals surface area contributed by atoms with E-state index in [0.29, 0.717) is 13.1 Å². The van der Waals surface area contributed by atoms with Crippen LogP contribution in [0.1, 0.15) is 16.7 Å². The van der Waals surface area contributed by atoms with Crippen molar-refractivity contribution in [1.29, 1.82) is 0 Å². The van der Waals surface area contributed by atoms with E-state index in [2.05, 4.69) is 33.1 Å². The number of urea groups is 1. The Morgan fingerprint density at radius 3 is 2.53 bits per heavy atom. The van der Waals surface area contributed by atoms with Crippen molar-refractivity contribution in [1.82, 2.24) is 19.8 Å². The molecule has 2 aromatic rings. The summed E-state index contributed by atoms with van der Waals surface area (Å²) in [7, 11) is -3.57. The number of benzene rings is 2. The summed E-state index contributed by atoms with van der Waals surface area (Å²) in [4.78, 5) is 16.8. The Hall–Kier alpha value is -2.62. The van der Waals surface area contributed by atoms with Gasteiger partial charge < -0.3 is 15.0 Å². The second-order valence-electron chi connectivity index (χ2n) is 8.25. The molecule has 172 valence electrons. The quantitative estimate of drug-likeness (QED) is 0.617. The van der Waals surface area contributed by atoms with E-state index < -0.39 is 10.0 Å². The van der Waals surface area contributed by atoms with Crippen LogP contribution >= 0.6 is 0 Å². The highest BCUT2D eigenvalue weighted by molar-refractivity contribution is 7.89. The molecule has 0 atom stereocenters. The van der Waals surface area contributed by atoms with E-state index in [1.54, 1.807) is 29.2 Å². The zero-order valence-corrected chi connectivity index (χ0v) is 19.2. The van der Waals surface area contributed by atoms with Crippen LogP contribution in [-0.4, -0.2) is 70.1 Å². The first-order valence-electron chi connectivity index (χ1n) is 11.0. The van der Waals surface area contributed by atoms with Gasteiger partial charge in [0.25, 0.3) is 0 Å². The Balaban J connectivity index is 1.17. The van der Waals surface area contributed by atoms with E-state index in [1.807, 2.05) is 6.92 Å². The van der Waals surface area contributed by atoms with Crippen molar-refractivity contribution in [3.63, 3.8) is 0 Å². The van der Waals surface area contributed by atoms with Crippen molar-refractivity contribution >= 4 is 16.1 Å². The number of hydrogen-bond acceptors (Lipinski definition) is 5. The molecule has 0 unspecified atom stereocenters. The van der Waals surface area contributed by atoms with Gasteiger partial charge in [-0.2, -0.15) is 0 Å². The summed E-state index contributed by atoms with van der Waals surface area (Å²) in [5, 5.41) is 2.81. The van der Waals surface area contributed by atoms with Crippen LogP contribution in [0.5, 0.6) is 5.75 Å². The summed E-state index contributed by atoms with van der Waals surface area (Å²) >= 11 is 0. The fraction of sp³-hybridized carbons (Fsp3) is 0.435. The maximum absolute atomic E-state index is 12.4. The lowest BCUT2D eigenvalue weighted by molar-refractivity contribution is 0.135. The lowest BCUT2D eigenvalue weighted by atomic mass is 10.1. The Morgan fingerprint density at radius 2 is 1.78 bits per heavy atom. The molecule has 2 amide bonds. The Labute approximate surface area is 189 Å². The minimum absolute atomic E-state index is 0.143. The largest absolute Gasteiger partial charge is 0.493 e. The van der Waals surface area contributed by atoms with E-state index in [4.69, 9.17) is 4.74 Å². The van der Waals surface area contributed by atoms with E-state index in [9.17, 15) is 13.2 Å². The topological polar surface area (TPSA) is 91.0 Å².